The average molecular weight is 316 g/mol. The number of nitrogens with one attached hydrogen (secondary N) is 2. The molecular formula is C12H20N4O4S. The van der Waals surface area contributed by atoms with Crippen molar-refractivity contribution in [2.75, 3.05) is 38.5 Å². The van der Waals surface area contributed by atoms with Crippen LogP contribution in [0.15, 0.2) is 0 Å². The Balaban J connectivity index is 1.85. The Morgan fingerprint density at radius 1 is 1.33 bits per heavy atom. The van der Waals surface area contributed by atoms with Gasteiger partial charge in [-0.1, -0.05) is 0 Å². The van der Waals surface area contributed by atoms with Crippen LogP contribution in [-0.4, -0.2) is 82.7 Å². The van der Waals surface area contributed by atoms with E-state index in [2.05, 4.69) is 10.6 Å². The number of amides is 3. The van der Waals surface area contributed by atoms with E-state index in [4.69, 9.17) is 5.11 Å². The van der Waals surface area contributed by atoms with Crippen LogP contribution >= 0.6 is 11.8 Å². The lowest BCUT2D eigenvalue weighted by molar-refractivity contribution is -0.141. The van der Waals surface area contributed by atoms with Crippen molar-refractivity contribution in [3.63, 3.8) is 0 Å². The van der Waals surface area contributed by atoms with Crippen molar-refractivity contribution in [2.24, 2.45) is 0 Å². The summed E-state index contributed by atoms with van der Waals surface area (Å²) < 4.78 is 0. The summed E-state index contributed by atoms with van der Waals surface area (Å²) in [4.78, 5) is 38.2. The number of carboxylic acids is 1. The van der Waals surface area contributed by atoms with Crippen molar-refractivity contribution < 1.29 is 19.5 Å². The SMILES string of the molecule is CC1SCC(C(=O)O)N1C(=O)NCC(=O)N1CCNCC1. The van der Waals surface area contributed by atoms with Crippen LogP contribution in [0.2, 0.25) is 0 Å². The van der Waals surface area contributed by atoms with Crippen LogP contribution in [0, 0.1) is 0 Å². The topological polar surface area (TPSA) is 102 Å². The number of nitrogens with zero attached hydrogens (tertiary/aromatic N) is 2. The standard InChI is InChI=1S/C12H20N4O4S/c1-8-16(9(7-21-8)11(18)19)12(20)14-6-10(17)15-4-2-13-3-5-15/h8-9,13H,2-7H2,1H3,(H,14,20)(H,18,19). The number of piperazine rings is 1. The van der Waals surface area contributed by atoms with Crippen LogP contribution in [0.5, 0.6) is 0 Å². The number of rotatable bonds is 3. The van der Waals surface area contributed by atoms with Gasteiger partial charge >= 0.3 is 12.0 Å². The fourth-order valence-corrected chi connectivity index (χ4v) is 3.58. The number of carboxylic acid groups (broad SMARTS) is 1. The van der Waals surface area contributed by atoms with Gasteiger partial charge in [0.15, 0.2) is 0 Å². The zero-order valence-electron chi connectivity index (χ0n) is 11.9. The molecular weight excluding hydrogens is 296 g/mol. The van der Waals surface area contributed by atoms with Gasteiger partial charge in [0, 0.05) is 31.9 Å². The Kier molecular flexibility index (Phi) is 5.29. The molecule has 0 saturated carbocycles. The predicted molar refractivity (Wildman–Crippen MR) is 78.0 cm³/mol. The molecule has 2 fully saturated rings. The van der Waals surface area contributed by atoms with E-state index in [1.54, 1.807) is 11.8 Å². The molecule has 0 aromatic carbocycles. The largest absolute Gasteiger partial charge is 0.480 e. The van der Waals surface area contributed by atoms with E-state index in [1.165, 1.54) is 16.7 Å². The number of aliphatic carboxylic acids is 1. The van der Waals surface area contributed by atoms with E-state index in [1.807, 2.05) is 0 Å². The van der Waals surface area contributed by atoms with Crippen molar-refractivity contribution in [1.29, 1.82) is 0 Å². The Labute approximate surface area is 127 Å². The summed E-state index contributed by atoms with van der Waals surface area (Å²) in [6.07, 6.45) is 0. The van der Waals surface area contributed by atoms with Crippen LogP contribution < -0.4 is 10.6 Å². The first-order valence-corrected chi connectivity index (χ1v) is 7.94. The van der Waals surface area contributed by atoms with Crippen molar-refractivity contribution in [3.8, 4) is 0 Å². The normalized spacial score (nSPS) is 25.8. The van der Waals surface area contributed by atoms with Gasteiger partial charge in [-0.3, -0.25) is 9.69 Å². The summed E-state index contributed by atoms with van der Waals surface area (Å²) in [6, 6.07) is -1.33. The molecule has 2 aliphatic heterocycles. The van der Waals surface area contributed by atoms with E-state index in [0.717, 1.165) is 13.1 Å². The second-order valence-corrected chi connectivity index (χ2v) is 6.33. The van der Waals surface area contributed by atoms with Gasteiger partial charge < -0.3 is 20.6 Å². The smallest absolute Gasteiger partial charge is 0.327 e. The van der Waals surface area contributed by atoms with Gasteiger partial charge in [0.25, 0.3) is 0 Å². The van der Waals surface area contributed by atoms with Crippen LogP contribution in [0.25, 0.3) is 0 Å². The van der Waals surface area contributed by atoms with E-state index in [0.29, 0.717) is 18.8 Å². The van der Waals surface area contributed by atoms with Crippen LogP contribution in [0.3, 0.4) is 0 Å². The summed E-state index contributed by atoms with van der Waals surface area (Å²) in [7, 11) is 0. The molecule has 0 bridgehead atoms. The molecule has 0 aromatic rings. The third kappa shape index (κ3) is 3.79. The Morgan fingerprint density at radius 3 is 2.62 bits per heavy atom. The van der Waals surface area contributed by atoms with Gasteiger partial charge in [0.05, 0.1) is 11.9 Å². The fourth-order valence-electron chi connectivity index (χ4n) is 2.41. The molecule has 9 heteroatoms. The molecule has 0 radical (unpaired) electrons. The van der Waals surface area contributed by atoms with Crippen molar-refractivity contribution >= 4 is 29.7 Å². The van der Waals surface area contributed by atoms with Crippen molar-refractivity contribution in [1.82, 2.24) is 20.4 Å². The Bertz CT molecular complexity index is 427. The molecule has 0 aromatic heterocycles. The molecule has 2 heterocycles. The lowest BCUT2D eigenvalue weighted by Gasteiger charge is -2.29. The fraction of sp³-hybridized carbons (Fsp3) is 0.750. The van der Waals surface area contributed by atoms with E-state index >= 15 is 0 Å². The molecule has 2 saturated heterocycles. The molecule has 2 aliphatic rings. The lowest BCUT2D eigenvalue weighted by atomic mass is 10.3. The van der Waals surface area contributed by atoms with E-state index < -0.39 is 18.0 Å². The minimum Gasteiger partial charge on any atom is -0.480 e. The quantitative estimate of drug-likeness (QED) is 0.616. The van der Waals surface area contributed by atoms with Gasteiger partial charge in [-0.25, -0.2) is 9.59 Å². The van der Waals surface area contributed by atoms with Gasteiger partial charge in [-0.05, 0) is 6.92 Å². The third-order valence-electron chi connectivity index (χ3n) is 3.60. The molecule has 0 aliphatic carbocycles. The second kappa shape index (κ2) is 6.99. The summed E-state index contributed by atoms with van der Waals surface area (Å²) in [5, 5.41) is 14.6. The Hall–Kier alpha value is -1.48. The van der Waals surface area contributed by atoms with Gasteiger partial charge in [-0.2, -0.15) is 0 Å². The zero-order valence-corrected chi connectivity index (χ0v) is 12.7. The van der Waals surface area contributed by atoms with Crippen LogP contribution in [0.1, 0.15) is 6.92 Å². The van der Waals surface area contributed by atoms with Crippen molar-refractivity contribution in [2.45, 2.75) is 18.3 Å². The summed E-state index contributed by atoms with van der Waals surface area (Å²) in [5.41, 5.74) is 0. The maximum atomic E-state index is 12.1. The van der Waals surface area contributed by atoms with E-state index in [9.17, 15) is 14.4 Å². The predicted octanol–water partition coefficient (Wildman–Crippen LogP) is -1.02. The first-order chi connectivity index (χ1) is 10.0. The molecule has 8 nitrogen and oxygen atoms in total. The minimum atomic E-state index is -1.02. The van der Waals surface area contributed by atoms with Gasteiger partial charge in [-0.15, -0.1) is 11.8 Å². The number of urea groups is 1. The van der Waals surface area contributed by atoms with Gasteiger partial charge in [0.2, 0.25) is 5.91 Å². The molecule has 0 spiro atoms. The highest BCUT2D eigenvalue weighted by Crippen LogP contribution is 2.28. The third-order valence-corrected chi connectivity index (χ3v) is 4.82. The number of hydrogen-bond acceptors (Lipinski definition) is 5. The lowest BCUT2D eigenvalue weighted by Crippen LogP contribution is -2.53. The number of carbonyl (C=O) groups is 3. The second-order valence-electron chi connectivity index (χ2n) is 4.98. The monoisotopic (exact) mass is 316 g/mol. The zero-order chi connectivity index (χ0) is 15.4. The molecule has 3 N–H and O–H groups in total. The summed E-state index contributed by atoms with van der Waals surface area (Å²) in [6.45, 7) is 4.44. The molecule has 2 unspecified atom stereocenters. The highest BCUT2D eigenvalue weighted by Gasteiger charge is 2.39. The Morgan fingerprint density at radius 2 is 2.00 bits per heavy atom. The van der Waals surface area contributed by atoms with Crippen molar-refractivity contribution in [3.05, 3.63) is 0 Å². The number of carbonyl (C=O) groups excluding carboxylic acids is 2. The number of thioether (sulfide) groups is 1. The van der Waals surface area contributed by atoms with Crippen LogP contribution in [0.4, 0.5) is 4.79 Å². The molecule has 2 rings (SSSR count). The number of hydrogen-bond donors (Lipinski definition) is 3. The van der Waals surface area contributed by atoms with Crippen LogP contribution in [-0.2, 0) is 9.59 Å². The average Bonchev–Trinajstić information content (AvgIpc) is 2.87. The first kappa shape index (κ1) is 15.9. The molecule has 3 amide bonds. The minimum absolute atomic E-state index is 0.0982. The molecule has 21 heavy (non-hydrogen) atoms. The summed E-state index contributed by atoms with van der Waals surface area (Å²) in [5.74, 6) is -0.790. The van der Waals surface area contributed by atoms with Gasteiger partial charge in [0.1, 0.15) is 6.04 Å². The van der Waals surface area contributed by atoms with E-state index in [-0.39, 0.29) is 17.8 Å². The maximum absolute atomic E-state index is 12.1. The molecule has 118 valence electrons. The maximum Gasteiger partial charge on any atom is 0.327 e. The summed E-state index contributed by atoms with van der Waals surface area (Å²) >= 11 is 1.41. The highest BCUT2D eigenvalue weighted by atomic mass is 32.2. The first-order valence-electron chi connectivity index (χ1n) is 6.89. The molecule has 2 atom stereocenters. The highest BCUT2D eigenvalue weighted by molar-refractivity contribution is 8.00.